The van der Waals surface area contributed by atoms with Crippen LogP contribution in [0, 0.1) is 11.8 Å². The normalized spacial score (nSPS) is 13.3. The van der Waals surface area contributed by atoms with Crippen molar-refractivity contribution in [3.8, 4) is 0 Å². The highest BCUT2D eigenvalue weighted by atomic mass is 16.2. The Balaban J connectivity index is 5.23. The van der Waals surface area contributed by atoms with E-state index in [2.05, 4.69) is 24.5 Å². The Kier molecular flexibility index (Phi) is 33.1. The Morgan fingerprint density at radius 1 is 0.386 bits per heavy atom. The van der Waals surface area contributed by atoms with E-state index in [4.69, 9.17) is 0 Å². The van der Waals surface area contributed by atoms with E-state index in [0.717, 1.165) is 89.9 Å². The standard InChI is InChI=1S/C47H82N2O8/c1-7-9-11-13-15-23-32-44(54)38(5)48-46(56)40(28-21-17-19-26-36(3)50)34-42(52)30-25-31-43(53)35-41(29-22-18-20-27-37(4)51)47(57)49-39(6)45(55)33-24-16-14-12-10-8-2/h38-41H,7-35H2,1-6H3,(H,48,56)(H,49,57). The van der Waals surface area contributed by atoms with Crippen LogP contribution in [0.1, 0.15) is 228 Å². The van der Waals surface area contributed by atoms with Crippen molar-refractivity contribution in [2.24, 2.45) is 11.8 Å². The smallest absolute Gasteiger partial charge is 0.224 e. The largest absolute Gasteiger partial charge is 0.346 e. The van der Waals surface area contributed by atoms with Crippen molar-refractivity contribution in [2.45, 2.75) is 240 Å². The third kappa shape index (κ3) is 30.7. The summed E-state index contributed by atoms with van der Waals surface area (Å²) in [6.07, 6.45) is 20.4. The zero-order chi connectivity index (χ0) is 42.8. The maximum absolute atomic E-state index is 13.4. The van der Waals surface area contributed by atoms with Crippen LogP contribution >= 0.6 is 0 Å². The molecular formula is C47H82N2O8. The molecule has 0 saturated heterocycles. The van der Waals surface area contributed by atoms with Crippen LogP contribution < -0.4 is 10.6 Å². The predicted octanol–water partition coefficient (Wildman–Crippen LogP) is 10.0. The molecular weight excluding hydrogens is 721 g/mol. The number of unbranched alkanes of at least 4 members (excludes halogenated alkanes) is 14. The van der Waals surface area contributed by atoms with Crippen molar-refractivity contribution in [1.82, 2.24) is 10.6 Å². The van der Waals surface area contributed by atoms with Crippen LogP contribution in [0.5, 0.6) is 0 Å². The average Bonchev–Trinajstić information content (AvgIpc) is 3.15. The van der Waals surface area contributed by atoms with Crippen molar-refractivity contribution in [3.05, 3.63) is 0 Å². The molecule has 0 aromatic heterocycles. The molecule has 0 heterocycles. The highest BCUT2D eigenvalue weighted by Gasteiger charge is 2.27. The van der Waals surface area contributed by atoms with E-state index in [1.807, 2.05) is 0 Å². The second-order valence-electron chi connectivity index (χ2n) is 16.8. The van der Waals surface area contributed by atoms with E-state index in [0.29, 0.717) is 57.8 Å². The number of hydrogen-bond acceptors (Lipinski definition) is 8. The highest BCUT2D eigenvalue weighted by molar-refractivity contribution is 5.93. The maximum atomic E-state index is 13.4. The summed E-state index contributed by atoms with van der Waals surface area (Å²) in [5.74, 6) is -1.88. The molecule has 0 saturated carbocycles. The molecule has 0 aliphatic rings. The summed E-state index contributed by atoms with van der Waals surface area (Å²) in [6.45, 7) is 10.8. The van der Waals surface area contributed by atoms with Gasteiger partial charge in [-0.3, -0.25) is 28.8 Å². The Hall–Kier alpha value is -3.04. The van der Waals surface area contributed by atoms with E-state index in [9.17, 15) is 38.4 Å². The van der Waals surface area contributed by atoms with Crippen LogP contribution in [0.15, 0.2) is 0 Å². The average molecular weight is 803 g/mol. The quantitative estimate of drug-likeness (QED) is 0.0579. The third-order valence-corrected chi connectivity index (χ3v) is 11.0. The van der Waals surface area contributed by atoms with Gasteiger partial charge in [0.05, 0.1) is 12.1 Å². The van der Waals surface area contributed by atoms with Crippen molar-refractivity contribution < 1.29 is 38.4 Å². The number of rotatable bonds is 40. The molecule has 0 radical (unpaired) electrons. The lowest BCUT2D eigenvalue weighted by molar-refractivity contribution is -0.133. The second kappa shape index (κ2) is 35.0. The van der Waals surface area contributed by atoms with Gasteiger partial charge in [0, 0.05) is 63.2 Å². The monoisotopic (exact) mass is 803 g/mol. The molecule has 0 aliphatic carbocycles. The van der Waals surface area contributed by atoms with Gasteiger partial charge in [0.15, 0.2) is 11.6 Å². The van der Waals surface area contributed by atoms with Gasteiger partial charge < -0.3 is 20.2 Å². The molecule has 328 valence electrons. The second-order valence-corrected chi connectivity index (χ2v) is 16.8. The van der Waals surface area contributed by atoms with E-state index in [1.165, 1.54) is 12.8 Å². The Bertz CT molecular complexity index is 1110. The summed E-state index contributed by atoms with van der Waals surface area (Å²) in [6, 6.07) is -1.27. The number of amides is 2. The van der Waals surface area contributed by atoms with Gasteiger partial charge >= 0.3 is 0 Å². The zero-order valence-corrected chi connectivity index (χ0v) is 37.1. The fourth-order valence-electron chi connectivity index (χ4n) is 7.19. The first-order valence-corrected chi connectivity index (χ1v) is 22.9. The van der Waals surface area contributed by atoms with E-state index < -0.39 is 23.9 Å². The summed E-state index contributed by atoms with van der Waals surface area (Å²) in [5.41, 5.74) is 0. The van der Waals surface area contributed by atoms with Crippen LogP contribution in [0.3, 0.4) is 0 Å². The van der Waals surface area contributed by atoms with Gasteiger partial charge in [-0.25, -0.2) is 0 Å². The predicted molar refractivity (Wildman–Crippen MR) is 229 cm³/mol. The Labute approximate surface area is 346 Å². The van der Waals surface area contributed by atoms with Gasteiger partial charge in [-0.15, -0.1) is 0 Å². The van der Waals surface area contributed by atoms with Crippen molar-refractivity contribution in [3.63, 3.8) is 0 Å². The SMILES string of the molecule is CCCCCCCCC(=O)C(C)NC(=O)C(CCCCCC(C)=O)CC(=O)CCCC(=O)CC(CCCCCC(C)=O)C(=O)NC(C)C(=O)CCCCCCCC. The first-order valence-electron chi connectivity index (χ1n) is 22.9. The van der Waals surface area contributed by atoms with Crippen LogP contribution in [0.25, 0.3) is 0 Å². The molecule has 2 amide bonds. The van der Waals surface area contributed by atoms with E-state index in [1.54, 1.807) is 27.7 Å². The Morgan fingerprint density at radius 2 is 0.702 bits per heavy atom. The summed E-state index contributed by atoms with van der Waals surface area (Å²) in [5, 5.41) is 5.71. The number of carbonyl (C=O) groups is 8. The van der Waals surface area contributed by atoms with E-state index in [-0.39, 0.29) is 72.2 Å². The summed E-state index contributed by atoms with van der Waals surface area (Å²) in [4.78, 5) is 101. The van der Waals surface area contributed by atoms with E-state index >= 15 is 0 Å². The van der Waals surface area contributed by atoms with Gasteiger partial charge in [-0.05, 0) is 72.6 Å². The van der Waals surface area contributed by atoms with Gasteiger partial charge in [-0.2, -0.15) is 0 Å². The fourth-order valence-corrected chi connectivity index (χ4v) is 7.19. The van der Waals surface area contributed by atoms with Gasteiger partial charge in [0.2, 0.25) is 11.8 Å². The summed E-state index contributed by atoms with van der Waals surface area (Å²) < 4.78 is 0. The number of Topliss-reactive ketones (excluding diaryl/α,β-unsaturated/α-hetero) is 6. The molecule has 57 heavy (non-hydrogen) atoms. The maximum Gasteiger partial charge on any atom is 0.224 e. The molecule has 0 aromatic rings. The van der Waals surface area contributed by atoms with Crippen molar-refractivity contribution >= 4 is 46.5 Å². The molecule has 4 unspecified atom stereocenters. The fraction of sp³-hybridized carbons (Fsp3) is 0.830. The molecule has 0 bridgehead atoms. The lowest BCUT2D eigenvalue weighted by atomic mass is 9.90. The first-order chi connectivity index (χ1) is 27.2. The Morgan fingerprint density at radius 3 is 1.05 bits per heavy atom. The minimum absolute atomic E-state index is 0.0128. The topological polar surface area (TPSA) is 161 Å². The van der Waals surface area contributed by atoms with Crippen molar-refractivity contribution in [2.75, 3.05) is 0 Å². The molecule has 0 spiro atoms. The van der Waals surface area contributed by atoms with Crippen LogP contribution in [-0.4, -0.2) is 58.6 Å². The highest BCUT2D eigenvalue weighted by Crippen LogP contribution is 2.21. The first kappa shape index (κ1) is 54.0. The summed E-state index contributed by atoms with van der Waals surface area (Å²) >= 11 is 0. The molecule has 10 heteroatoms. The molecule has 0 aliphatic heterocycles. The van der Waals surface area contributed by atoms with Crippen LogP contribution in [0.2, 0.25) is 0 Å². The molecule has 4 atom stereocenters. The number of ketones is 6. The molecule has 0 rings (SSSR count). The van der Waals surface area contributed by atoms with Gasteiger partial charge in [0.1, 0.15) is 23.1 Å². The number of nitrogens with one attached hydrogen (secondary N) is 2. The minimum Gasteiger partial charge on any atom is -0.346 e. The van der Waals surface area contributed by atoms with Crippen LogP contribution in [-0.2, 0) is 38.4 Å². The molecule has 2 N–H and O–H groups in total. The minimum atomic E-state index is -0.637. The summed E-state index contributed by atoms with van der Waals surface area (Å²) in [7, 11) is 0. The third-order valence-electron chi connectivity index (χ3n) is 11.0. The van der Waals surface area contributed by atoms with Crippen LogP contribution in [0.4, 0.5) is 0 Å². The molecule has 0 aromatic carbocycles. The number of hydrogen-bond donors (Lipinski definition) is 2. The van der Waals surface area contributed by atoms with Crippen molar-refractivity contribution in [1.29, 1.82) is 0 Å². The lowest BCUT2D eigenvalue weighted by Crippen LogP contribution is -2.42. The van der Waals surface area contributed by atoms with Gasteiger partial charge in [-0.1, -0.05) is 104 Å². The molecule has 0 fully saturated rings. The molecule has 10 nitrogen and oxygen atoms in total. The zero-order valence-electron chi connectivity index (χ0n) is 37.1. The van der Waals surface area contributed by atoms with Gasteiger partial charge in [0.25, 0.3) is 0 Å². The number of carbonyl (C=O) groups excluding carboxylic acids is 8. The lowest BCUT2D eigenvalue weighted by Gasteiger charge is -2.20.